The van der Waals surface area contributed by atoms with Gasteiger partial charge in [0.15, 0.2) is 5.78 Å². The maximum atomic E-state index is 12.7. The molecule has 1 aliphatic carbocycles. The quantitative estimate of drug-likeness (QED) is 0.625. The van der Waals surface area contributed by atoms with Crippen LogP contribution in [0.3, 0.4) is 0 Å². The molecule has 0 aromatic heterocycles. The second kappa shape index (κ2) is 7.42. The summed E-state index contributed by atoms with van der Waals surface area (Å²) in [6.07, 6.45) is 0.853. The number of ketones is 1. The summed E-state index contributed by atoms with van der Waals surface area (Å²) >= 11 is 0. The molecule has 0 heterocycles. The molecule has 0 spiro atoms. The highest BCUT2D eigenvalue weighted by Crippen LogP contribution is 2.39. The molecule has 2 rings (SSSR count). The van der Waals surface area contributed by atoms with E-state index in [9.17, 15) is 9.90 Å². The lowest BCUT2D eigenvalue weighted by Gasteiger charge is -2.28. The Balaban J connectivity index is 2.47. The van der Waals surface area contributed by atoms with E-state index in [-0.39, 0.29) is 17.5 Å². The van der Waals surface area contributed by atoms with E-state index in [4.69, 9.17) is 4.84 Å². The Morgan fingerprint density at radius 1 is 1.04 bits per heavy atom. The fourth-order valence-corrected chi connectivity index (χ4v) is 3.86. The molecule has 4 nitrogen and oxygen atoms in total. The van der Waals surface area contributed by atoms with Gasteiger partial charge in [-0.1, -0.05) is 5.16 Å². The zero-order valence-corrected chi connectivity index (χ0v) is 16.4. The van der Waals surface area contributed by atoms with Gasteiger partial charge < -0.3 is 9.94 Å². The summed E-state index contributed by atoms with van der Waals surface area (Å²) in [6.45, 7) is 14.6. The van der Waals surface area contributed by atoms with Crippen LogP contribution in [0, 0.1) is 34.6 Å². The predicted molar refractivity (Wildman–Crippen MR) is 101 cm³/mol. The standard InChI is InChI=1S/C21H29NO3/c1-8-25-22-16(7)21-18(23)9-17(10-19(21)24)20-14(5)12(3)11(2)13(4)15(20)6/h17,23H,8-10H2,1-7H3. The van der Waals surface area contributed by atoms with Crippen LogP contribution in [0.25, 0.3) is 0 Å². The van der Waals surface area contributed by atoms with Crippen LogP contribution in [0.1, 0.15) is 66.0 Å². The highest BCUT2D eigenvalue weighted by atomic mass is 16.6. The van der Waals surface area contributed by atoms with Crippen LogP contribution >= 0.6 is 0 Å². The molecule has 1 unspecified atom stereocenters. The highest BCUT2D eigenvalue weighted by Gasteiger charge is 2.32. The van der Waals surface area contributed by atoms with Crippen molar-refractivity contribution >= 4 is 11.5 Å². The van der Waals surface area contributed by atoms with E-state index in [0.29, 0.717) is 30.7 Å². The average Bonchev–Trinajstić information content (AvgIpc) is 2.56. The van der Waals surface area contributed by atoms with Crippen LogP contribution in [0.4, 0.5) is 0 Å². The molecule has 136 valence electrons. The van der Waals surface area contributed by atoms with Crippen molar-refractivity contribution < 1.29 is 14.7 Å². The van der Waals surface area contributed by atoms with E-state index >= 15 is 0 Å². The number of allylic oxidation sites excluding steroid dienone is 2. The molecule has 1 atom stereocenters. The number of oxime groups is 1. The van der Waals surface area contributed by atoms with Crippen LogP contribution in [0.15, 0.2) is 16.5 Å². The summed E-state index contributed by atoms with van der Waals surface area (Å²) in [6, 6.07) is 0. The molecule has 0 amide bonds. The SMILES string of the molecule is CCON=C(C)C1=C(O)CC(c2c(C)c(C)c(C)c(C)c2C)CC1=O. The summed E-state index contributed by atoms with van der Waals surface area (Å²) in [5, 5.41) is 14.5. The Morgan fingerprint density at radius 2 is 1.56 bits per heavy atom. The van der Waals surface area contributed by atoms with E-state index in [1.807, 2.05) is 6.92 Å². The first-order valence-corrected chi connectivity index (χ1v) is 8.89. The number of aliphatic hydroxyl groups is 1. The van der Waals surface area contributed by atoms with Gasteiger partial charge in [0.2, 0.25) is 0 Å². The Morgan fingerprint density at radius 3 is 2.04 bits per heavy atom. The van der Waals surface area contributed by atoms with Gasteiger partial charge >= 0.3 is 0 Å². The Hall–Kier alpha value is -2.10. The van der Waals surface area contributed by atoms with Crippen molar-refractivity contribution in [1.82, 2.24) is 0 Å². The van der Waals surface area contributed by atoms with Crippen molar-refractivity contribution in [3.05, 3.63) is 44.7 Å². The molecule has 25 heavy (non-hydrogen) atoms. The third-order valence-electron chi connectivity index (χ3n) is 5.60. The molecule has 0 fully saturated rings. The zero-order valence-electron chi connectivity index (χ0n) is 16.4. The number of nitrogens with zero attached hydrogens (tertiary/aromatic N) is 1. The minimum absolute atomic E-state index is 0.00847. The van der Waals surface area contributed by atoms with Gasteiger partial charge in [0.05, 0.1) is 11.3 Å². The fraction of sp³-hybridized carbons (Fsp3) is 0.524. The molecule has 0 aliphatic heterocycles. The van der Waals surface area contributed by atoms with E-state index in [2.05, 4.69) is 39.8 Å². The molecule has 1 aromatic rings. The molecule has 1 aliphatic rings. The van der Waals surface area contributed by atoms with Crippen LogP contribution < -0.4 is 0 Å². The van der Waals surface area contributed by atoms with Crippen molar-refractivity contribution in [2.24, 2.45) is 5.16 Å². The van der Waals surface area contributed by atoms with Crippen molar-refractivity contribution in [1.29, 1.82) is 0 Å². The van der Waals surface area contributed by atoms with Gasteiger partial charge in [-0.15, -0.1) is 0 Å². The van der Waals surface area contributed by atoms with Gasteiger partial charge in [-0.25, -0.2) is 0 Å². The van der Waals surface area contributed by atoms with E-state index < -0.39 is 0 Å². The van der Waals surface area contributed by atoms with E-state index in [1.54, 1.807) is 6.92 Å². The lowest BCUT2D eigenvalue weighted by atomic mass is 9.76. The lowest BCUT2D eigenvalue weighted by Crippen LogP contribution is -2.24. The Bertz CT molecular complexity index is 743. The summed E-state index contributed by atoms with van der Waals surface area (Å²) in [4.78, 5) is 17.7. The lowest BCUT2D eigenvalue weighted by molar-refractivity contribution is -0.116. The van der Waals surface area contributed by atoms with Gasteiger partial charge in [-0.2, -0.15) is 0 Å². The number of carbonyl (C=O) groups is 1. The molecule has 4 heteroatoms. The molecule has 0 saturated heterocycles. The van der Waals surface area contributed by atoms with Crippen molar-refractivity contribution in [2.45, 2.75) is 67.2 Å². The summed E-state index contributed by atoms with van der Waals surface area (Å²) in [7, 11) is 0. The van der Waals surface area contributed by atoms with Crippen LogP contribution in [-0.2, 0) is 9.63 Å². The van der Waals surface area contributed by atoms with E-state index in [0.717, 1.165) is 0 Å². The van der Waals surface area contributed by atoms with Gasteiger partial charge in [0.25, 0.3) is 0 Å². The summed E-state index contributed by atoms with van der Waals surface area (Å²) in [5.41, 5.74) is 8.29. The van der Waals surface area contributed by atoms with Gasteiger partial charge in [0, 0.05) is 12.8 Å². The zero-order chi connectivity index (χ0) is 18.9. The Labute approximate surface area is 150 Å². The summed E-state index contributed by atoms with van der Waals surface area (Å²) < 4.78 is 0. The minimum atomic E-state index is -0.0654. The third kappa shape index (κ3) is 3.48. The molecular formula is C21H29NO3. The van der Waals surface area contributed by atoms with Gasteiger partial charge in [0.1, 0.15) is 12.4 Å². The number of rotatable bonds is 4. The van der Waals surface area contributed by atoms with Crippen LogP contribution in [-0.4, -0.2) is 23.2 Å². The number of aliphatic hydroxyl groups excluding tert-OH is 1. The van der Waals surface area contributed by atoms with Crippen molar-refractivity contribution in [2.75, 3.05) is 6.61 Å². The second-order valence-corrected chi connectivity index (χ2v) is 6.98. The average molecular weight is 343 g/mol. The van der Waals surface area contributed by atoms with Gasteiger partial charge in [-0.05, 0) is 87.8 Å². The van der Waals surface area contributed by atoms with Crippen molar-refractivity contribution in [3.8, 4) is 0 Å². The molecule has 0 radical (unpaired) electrons. The number of carbonyl (C=O) groups excluding carboxylic acids is 1. The second-order valence-electron chi connectivity index (χ2n) is 6.98. The molecule has 1 aromatic carbocycles. The van der Waals surface area contributed by atoms with E-state index in [1.165, 1.54) is 33.4 Å². The maximum Gasteiger partial charge on any atom is 0.168 e. The smallest absolute Gasteiger partial charge is 0.168 e. The maximum absolute atomic E-state index is 12.7. The van der Waals surface area contributed by atoms with Crippen LogP contribution in [0.5, 0.6) is 0 Å². The first-order chi connectivity index (χ1) is 11.7. The van der Waals surface area contributed by atoms with Crippen molar-refractivity contribution in [3.63, 3.8) is 0 Å². The van der Waals surface area contributed by atoms with Crippen LogP contribution in [0.2, 0.25) is 0 Å². The largest absolute Gasteiger partial charge is 0.511 e. The Kier molecular flexibility index (Phi) is 5.71. The minimum Gasteiger partial charge on any atom is -0.511 e. The fourth-order valence-electron chi connectivity index (χ4n) is 3.86. The monoisotopic (exact) mass is 343 g/mol. The molecule has 1 N–H and O–H groups in total. The number of hydrogen-bond donors (Lipinski definition) is 1. The molecule has 0 bridgehead atoms. The summed E-state index contributed by atoms with van der Waals surface area (Å²) in [5.74, 6) is 0.0652. The van der Waals surface area contributed by atoms with Gasteiger partial charge in [-0.3, -0.25) is 4.79 Å². The number of Topliss-reactive ketones (excluding diaryl/α,β-unsaturated/α-hetero) is 1. The third-order valence-corrected chi connectivity index (χ3v) is 5.60. The normalized spacial score (nSPS) is 18.8. The number of hydrogen-bond acceptors (Lipinski definition) is 4. The topological polar surface area (TPSA) is 58.9 Å². The highest BCUT2D eigenvalue weighted by molar-refractivity contribution is 6.22. The first kappa shape index (κ1) is 19.2. The predicted octanol–water partition coefficient (Wildman–Crippen LogP) is 4.90. The molecular weight excluding hydrogens is 314 g/mol. The molecule has 0 saturated carbocycles. The number of benzene rings is 1. The first-order valence-electron chi connectivity index (χ1n) is 8.89.